The molecular formula is C15H26N4. The zero-order valence-corrected chi connectivity index (χ0v) is 12.6. The topological polar surface area (TPSA) is 49.8 Å². The van der Waals surface area contributed by atoms with Gasteiger partial charge in [0.25, 0.3) is 0 Å². The Balaban J connectivity index is 2.17. The van der Waals surface area contributed by atoms with E-state index in [-0.39, 0.29) is 0 Å². The van der Waals surface area contributed by atoms with Crippen LogP contribution in [0.25, 0.3) is 0 Å². The van der Waals surface area contributed by atoms with Crippen molar-refractivity contribution in [3.8, 4) is 0 Å². The van der Waals surface area contributed by atoms with E-state index in [1.54, 1.807) is 0 Å². The lowest BCUT2D eigenvalue weighted by Gasteiger charge is -2.39. The third-order valence-electron chi connectivity index (χ3n) is 4.17. The number of aromatic nitrogens is 2. The van der Waals surface area contributed by atoms with E-state index < -0.39 is 0 Å². The van der Waals surface area contributed by atoms with Gasteiger partial charge in [-0.05, 0) is 18.3 Å². The van der Waals surface area contributed by atoms with E-state index in [1.807, 2.05) is 13.1 Å². The molecule has 0 radical (unpaired) electrons. The number of hydrogen-bond donors (Lipinski definition) is 2. The number of anilines is 2. The molecule has 4 nitrogen and oxygen atoms in total. The van der Waals surface area contributed by atoms with E-state index in [2.05, 4.69) is 41.4 Å². The lowest BCUT2D eigenvalue weighted by atomic mass is 9.73. The molecule has 0 aromatic carbocycles. The molecule has 19 heavy (non-hydrogen) atoms. The van der Waals surface area contributed by atoms with Crippen molar-refractivity contribution in [1.82, 2.24) is 9.97 Å². The van der Waals surface area contributed by atoms with Crippen LogP contribution in [0.4, 0.5) is 11.6 Å². The molecule has 4 heteroatoms. The van der Waals surface area contributed by atoms with E-state index in [9.17, 15) is 0 Å². The van der Waals surface area contributed by atoms with Crippen LogP contribution < -0.4 is 10.6 Å². The van der Waals surface area contributed by atoms with Crippen LogP contribution in [0.3, 0.4) is 0 Å². The van der Waals surface area contributed by atoms with Crippen LogP contribution in [-0.2, 0) is 6.42 Å². The van der Waals surface area contributed by atoms with Crippen molar-refractivity contribution in [2.75, 3.05) is 17.7 Å². The molecule has 1 atom stereocenters. The third-order valence-corrected chi connectivity index (χ3v) is 4.17. The third kappa shape index (κ3) is 3.37. The Morgan fingerprint density at radius 2 is 2.00 bits per heavy atom. The minimum absolute atomic E-state index is 0.343. The molecule has 0 aliphatic heterocycles. The van der Waals surface area contributed by atoms with Gasteiger partial charge in [-0.1, -0.05) is 33.6 Å². The Kier molecular flexibility index (Phi) is 4.27. The minimum atomic E-state index is 0.343. The van der Waals surface area contributed by atoms with Gasteiger partial charge < -0.3 is 10.6 Å². The van der Waals surface area contributed by atoms with Gasteiger partial charge in [0.2, 0.25) is 0 Å². The molecule has 1 aromatic heterocycles. The van der Waals surface area contributed by atoms with Crippen molar-refractivity contribution in [1.29, 1.82) is 0 Å². The maximum atomic E-state index is 4.60. The molecule has 1 heterocycles. The quantitative estimate of drug-likeness (QED) is 0.872. The van der Waals surface area contributed by atoms with Gasteiger partial charge in [-0.2, -0.15) is 0 Å². The molecule has 2 N–H and O–H groups in total. The van der Waals surface area contributed by atoms with Gasteiger partial charge in [0.05, 0.1) is 0 Å². The Bertz CT molecular complexity index is 406. The molecule has 1 unspecified atom stereocenters. The number of hydrogen-bond acceptors (Lipinski definition) is 4. The van der Waals surface area contributed by atoms with E-state index in [4.69, 9.17) is 0 Å². The van der Waals surface area contributed by atoms with Gasteiger partial charge in [0.1, 0.15) is 17.5 Å². The van der Waals surface area contributed by atoms with Gasteiger partial charge in [-0.15, -0.1) is 0 Å². The zero-order chi connectivity index (χ0) is 13.9. The lowest BCUT2D eigenvalue weighted by Crippen LogP contribution is -2.39. The molecule has 1 aliphatic rings. The van der Waals surface area contributed by atoms with Gasteiger partial charge in [-0.25, -0.2) is 9.97 Å². The molecule has 0 saturated heterocycles. The first kappa shape index (κ1) is 14.1. The first-order valence-electron chi connectivity index (χ1n) is 7.37. The van der Waals surface area contributed by atoms with Crippen molar-refractivity contribution >= 4 is 11.6 Å². The normalized spacial score (nSPS) is 22.0. The summed E-state index contributed by atoms with van der Waals surface area (Å²) in [5.74, 6) is 2.74. The Morgan fingerprint density at radius 3 is 2.63 bits per heavy atom. The average Bonchev–Trinajstić information content (AvgIpc) is 2.40. The van der Waals surface area contributed by atoms with Crippen LogP contribution in [0.15, 0.2) is 6.07 Å². The molecular weight excluding hydrogens is 236 g/mol. The minimum Gasteiger partial charge on any atom is -0.373 e. The molecule has 1 saturated carbocycles. The van der Waals surface area contributed by atoms with Crippen LogP contribution in [0, 0.1) is 5.41 Å². The molecule has 0 amide bonds. The highest BCUT2D eigenvalue weighted by atomic mass is 15.1. The predicted octanol–water partition coefficient (Wildman–Crippen LogP) is 3.46. The molecule has 1 fully saturated rings. The van der Waals surface area contributed by atoms with Gasteiger partial charge in [0.15, 0.2) is 0 Å². The highest BCUT2D eigenvalue weighted by Gasteiger charge is 2.32. The smallest absolute Gasteiger partial charge is 0.132 e. The zero-order valence-electron chi connectivity index (χ0n) is 12.6. The summed E-state index contributed by atoms with van der Waals surface area (Å²) in [4.78, 5) is 9.03. The second kappa shape index (κ2) is 5.76. The molecule has 1 aliphatic carbocycles. The first-order chi connectivity index (χ1) is 9.05. The summed E-state index contributed by atoms with van der Waals surface area (Å²) in [5.41, 5.74) is 0.343. The van der Waals surface area contributed by atoms with Crippen LogP contribution >= 0.6 is 0 Å². The van der Waals surface area contributed by atoms with Crippen molar-refractivity contribution in [3.63, 3.8) is 0 Å². The maximum absolute atomic E-state index is 4.60. The lowest BCUT2D eigenvalue weighted by molar-refractivity contribution is 0.216. The summed E-state index contributed by atoms with van der Waals surface area (Å²) in [7, 11) is 1.90. The van der Waals surface area contributed by atoms with Crippen molar-refractivity contribution < 1.29 is 0 Å². The fourth-order valence-corrected chi connectivity index (χ4v) is 2.80. The first-order valence-corrected chi connectivity index (χ1v) is 7.37. The van der Waals surface area contributed by atoms with E-state index in [1.165, 1.54) is 25.7 Å². The molecule has 0 spiro atoms. The van der Waals surface area contributed by atoms with E-state index >= 15 is 0 Å². The summed E-state index contributed by atoms with van der Waals surface area (Å²) < 4.78 is 0. The fraction of sp³-hybridized carbons (Fsp3) is 0.733. The molecule has 0 bridgehead atoms. The van der Waals surface area contributed by atoms with Crippen LogP contribution in [-0.4, -0.2) is 23.1 Å². The van der Waals surface area contributed by atoms with Crippen molar-refractivity contribution in [3.05, 3.63) is 11.9 Å². The van der Waals surface area contributed by atoms with E-state index in [0.717, 1.165) is 23.9 Å². The monoisotopic (exact) mass is 262 g/mol. The molecule has 106 valence electrons. The summed E-state index contributed by atoms with van der Waals surface area (Å²) in [6.07, 6.45) is 6.03. The fourth-order valence-electron chi connectivity index (χ4n) is 2.80. The standard InChI is InChI=1S/C15H26N4/c1-5-12-18-13(16-4)10-14(19-12)17-11-8-6-7-9-15(11,2)3/h10-11H,5-9H2,1-4H3,(H2,16,17,18,19). The number of nitrogens with zero attached hydrogens (tertiary/aromatic N) is 2. The van der Waals surface area contributed by atoms with Crippen LogP contribution in [0.1, 0.15) is 52.3 Å². The maximum Gasteiger partial charge on any atom is 0.132 e. The number of nitrogens with one attached hydrogen (secondary N) is 2. The average molecular weight is 262 g/mol. The van der Waals surface area contributed by atoms with E-state index in [0.29, 0.717) is 11.5 Å². The summed E-state index contributed by atoms with van der Waals surface area (Å²) in [6.45, 7) is 6.79. The molecule has 2 rings (SSSR count). The predicted molar refractivity (Wildman–Crippen MR) is 80.6 cm³/mol. The summed E-state index contributed by atoms with van der Waals surface area (Å²) >= 11 is 0. The summed E-state index contributed by atoms with van der Waals surface area (Å²) in [6, 6.07) is 2.51. The van der Waals surface area contributed by atoms with Crippen LogP contribution in [0.5, 0.6) is 0 Å². The number of aryl methyl sites for hydroxylation is 1. The Morgan fingerprint density at radius 1 is 1.26 bits per heavy atom. The highest BCUT2D eigenvalue weighted by Crippen LogP contribution is 2.37. The largest absolute Gasteiger partial charge is 0.373 e. The Labute approximate surface area is 116 Å². The second-order valence-corrected chi connectivity index (χ2v) is 6.09. The van der Waals surface area contributed by atoms with Crippen molar-refractivity contribution in [2.24, 2.45) is 5.41 Å². The van der Waals surface area contributed by atoms with Crippen molar-refractivity contribution in [2.45, 2.75) is 58.9 Å². The summed E-state index contributed by atoms with van der Waals surface area (Å²) in [5, 5.41) is 6.74. The van der Waals surface area contributed by atoms with Crippen LogP contribution in [0.2, 0.25) is 0 Å². The Hall–Kier alpha value is -1.32. The van der Waals surface area contributed by atoms with Gasteiger partial charge in [0, 0.05) is 25.6 Å². The number of rotatable bonds is 4. The molecule has 1 aromatic rings. The van der Waals surface area contributed by atoms with Gasteiger partial charge >= 0.3 is 0 Å². The second-order valence-electron chi connectivity index (χ2n) is 6.09. The highest BCUT2D eigenvalue weighted by molar-refractivity contribution is 5.48. The van der Waals surface area contributed by atoms with Gasteiger partial charge in [-0.3, -0.25) is 0 Å². The SMILES string of the molecule is CCc1nc(NC)cc(NC2CCCCC2(C)C)n1.